The zero-order valence-corrected chi connectivity index (χ0v) is 18.8. The summed E-state index contributed by atoms with van der Waals surface area (Å²) in [6.07, 6.45) is 1.50. The lowest BCUT2D eigenvalue weighted by molar-refractivity contribution is 0.306. The standard InChI is InChI=1S/C18H29N7O2S2/c1-4-29(26,27)25-9-7-15(8-10-25)21-18(19-12-16-6-5-11-28-16)20-13-17-23-22-14(2)24(17)3/h5-6,11,15H,4,7-10,12-13H2,1-3H3,(H2,19,20,21). The third-order valence-electron chi connectivity index (χ3n) is 5.12. The van der Waals surface area contributed by atoms with E-state index in [4.69, 9.17) is 0 Å². The maximum Gasteiger partial charge on any atom is 0.213 e. The molecule has 0 radical (unpaired) electrons. The summed E-state index contributed by atoms with van der Waals surface area (Å²) in [5, 5.41) is 17.1. The van der Waals surface area contributed by atoms with Gasteiger partial charge in [0.15, 0.2) is 11.8 Å². The van der Waals surface area contributed by atoms with Gasteiger partial charge in [0, 0.05) is 31.1 Å². The first-order valence-electron chi connectivity index (χ1n) is 9.79. The minimum Gasteiger partial charge on any atom is -0.354 e. The smallest absolute Gasteiger partial charge is 0.213 e. The average molecular weight is 440 g/mol. The first kappa shape index (κ1) is 21.7. The summed E-state index contributed by atoms with van der Waals surface area (Å²) in [5.74, 6) is 2.50. The van der Waals surface area contributed by atoms with Crippen molar-refractivity contribution in [2.24, 2.45) is 12.0 Å². The van der Waals surface area contributed by atoms with Gasteiger partial charge in [0.2, 0.25) is 10.0 Å². The van der Waals surface area contributed by atoms with Gasteiger partial charge in [-0.25, -0.2) is 17.7 Å². The number of hydrogen-bond acceptors (Lipinski definition) is 6. The number of nitrogens with one attached hydrogen (secondary N) is 2. The van der Waals surface area contributed by atoms with E-state index in [0.29, 0.717) is 32.1 Å². The molecule has 2 aromatic rings. The van der Waals surface area contributed by atoms with Crippen LogP contribution in [0.2, 0.25) is 0 Å². The van der Waals surface area contributed by atoms with Gasteiger partial charge >= 0.3 is 0 Å². The SMILES string of the molecule is CCS(=O)(=O)N1CCC(NC(=NCc2nnc(C)n2C)NCc2cccs2)CC1. The Bertz CT molecular complexity index is 914. The normalized spacial score (nSPS) is 16.9. The van der Waals surface area contributed by atoms with Crippen LogP contribution in [0.5, 0.6) is 0 Å². The lowest BCUT2D eigenvalue weighted by Gasteiger charge is -2.32. The highest BCUT2D eigenvalue weighted by atomic mass is 32.2. The van der Waals surface area contributed by atoms with Crippen LogP contribution in [0.25, 0.3) is 0 Å². The predicted octanol–water partition coefficient (Wildman–Crippen LogP) is 1.23. The molecule has 1 fully saturated rings. The van der Waals surface area contributed by atoms with Crippen molar-refractivity contribution in [1.82, 2.24) is 29.7 Å². The molecule has 160 valence electrons. The fourth-order valence-corrected chi connectivity index (χ4v) is 4.91. The second kappa shape index (κ2) is 9.68. The lowest BCUT2D eigenvalue weighted by atomic mass is 10.1. The first-order valence-corrected chi connectivity index (χ1v) is 12.3. The number of hydrogen-bond donors (Lipinski definition) is 2. The second-order valence-electron chi connectivity index (χ2n) is 7.04. The Labute approximate surface area is 176 Å². The highest BCUT2D eigenvalue weighted by molar-refractivity contribution is 7.89. The van der Waals surface area contributed by atoms with Crippen molar-refractivity contribution in [2.45, 2.75) is 45.8 Å². The molecule has 1 saturated heterocycles. The van der Waals surface area contributed by atoms with Gasteiger partial charge in [-0.05, 0) is 38.1 Å². The highest BCUT2D eigenvalue weighted by Gasteiger charge is 2.27. The summed E-state index contributed by atoms with van der Waals surface area (Å²) in [7, 11) is -1.19. The molecular weight excluding hydrogens is 410 g/mol. The van der Waals surface area contributed by atoms with Crippen molar-refractivity contribution in [3.63, 3.8) is 0 Å². The molecule has 11 heteroatoms. The summed E-state index contributed by atoms with van der Waals surface area (Å²) in [6.45, 7) is 5.77. The molecule has 0 aliphatic carbocycles. The molecular formula is C18H29N7O2S2. The average Bonchev–Trinajstić information content (AvgIpc) is 3.35. The molecule has 29 heavy (non-hydrogen) atoms. The van der Waals surface area contributed by atoms with Crippen molar-refractivity contribution in [2.75, 3.05) is 18.8 Å². The van der Waals surface area contributed by atoms with Crippen LogP contribution >= 0.6 is 11.3 Å². The van der Waals surface area contributed by atoms with Gasteiger partial charge in [-0.3, -0.25) is 0 Å². The van der Waals surface area contributed by atoms with E-state index in [-0.39, 0.29) is 11.8 Å². The van der Waals surface area contributed by atoms with E-state index in [9.17, 15) is 8.42 Å². The van der Waals surface area contributed by atoms with Crippen LogP contribution in [0.3, 0.4) is 0 Å². The Morgan fingerprint density at radius 2 is 2.10 bits per heavy atom. The number of rotatable bonds is 7. The van der Waals surface area contributed by atoms with Crippen molar-refractivity contribution in [3.05, 3.63) is 34.0 Å². The molecule has 0 aromatic carbocycles. The van der Waals surface area contributed by atoms with Crippen molar-refractivity contribution >= 4 is 27.3 Å². The van der Waals surface area contributed by atoms with Gasteiger partial charge in [0.1, 0.15) is 12.4 Å². The zero-order chi connectivity index (χ0) is 20.9. The van der Waals surface area contributed by atoms with Gasteiger partial charge in [-0.1, -0.05) is 6.07 Å². The van der Waals surface area contributed by atoms with Crippen molar-refractivity contribution in [3.8, 4) is 0 Å². The molecule has 1 aliphatic rings. The first-order chi connectivity index (χ1) is 13.9. The number of aliphatic imine (C=N–C) groups is 1. The molecule has 2 N–H and O–H groups in total. The Balaban J connectivity index is 1.63. The fourth-order valence-electron chi connectivity index (χ4n) is 3.13. The Morgan fingerprint density at radius 3 is 2.69 bits per heavy atom. The molecule has 0 bridgehead atoms. The molecule has 0 spiro atoms. The van der Waals surface area contributed by atoms with Crippen LogP contribution in [0, 0.1) is 6.92 Å². The predicted molar refractivity (Wildman–Crippen MR) is 115 cm³/mol. The third kappa shape index (κ3) is 5.77. The maximum atomic E-state index is 12.1. The number of guanidine groups is 1. The second-order valence-corrected chi connectivity index (χ2v) is 10.3. The molecule has 9 nitrogen and oxygen atoms in total. The van der Waals surface area contributed by atoms with Gasteiger partial charge < -0.3 is 15.2 Å². The van der Waals surface area contributed by atoms with E-state index in [1.165, 1.54) is 4.88 Å². The number of thiophene rings is 1. The van der Waals surface area contributed by atoms with E-state index in [0.717, 1.165) is 24.5 Å². The van der Waals surface area contributed by atoms with Crippen LogP contribution in [-0.4, -0.2) is 58.3 Å². The summed E-state index contributed by atoms with van der Waals surface area (Å²) < 4.78 is 27.6. The van der Waals surface area contributed by atoms with Gasteiger partial charge in [0.25, 0.3) is 0 Å². The molecule has 3 heterocycles. The van der Waals surface area contributed by atoms with Gasteiger partial charge in [-0.15, -0.1) is 21.5 Å². The highest BCUT2D eigenvalue weighted by Crippen LogP contribution is 2.15. The Morgan fingerprint density at radius 1 is 1.34 bits per heavy atom. The number of nitrogens with zero attached hydrogens (tertiary/aromatic N) is 5. The summed E-state index contributed by atoms with van der Waals surface area (Å²) in [6, 6.07) is 4.28. The molecule has 2 aromatic heterocycles. The van der Waals surface area contributed by atoms with Crippen molar-refractivity contribution < 1.29 is 8.42 Å². The molecule has 1 aliphatic heterocycles. The molecule has 0 saturated carbocycles. The number of aromatic nitrogens is 3. The Hall–Kier alpha value is -1.98. The van der Waals surface area contributed by atoms with Crippen LogP contribution in [-0.2, 0) is 30.2 Å². The lowest BCUT2D eigenvalue weighted by Crippen LogP contribution is -2.49. The summed E-state index contributed by atoms with van der Waals surface area (Å²) in [5.41, 5.74) is 0. The molecule has 0 unspecified atom stereocenters. The number of piperidine rings is 1. The largest absolute Gasteiger partial charge is 0.354 e. The van der Waals surface area contributed by atoms with Crippen LogP contribution in [0.1, 0.15) is 36.3 Å². The molecule has 3 rings (SSSR count). The van der Waals surface area contributed by atoms with E-state index in [1.807, 2.05) is 30.0 Å². The third-order valence-corrected chi connectivity index (χ3v) is 7.88. The minimum atomic E-state index is -3.12. The number of sulfonamides is 1. The molecule has 0 amide bonds. The van der Waals surface area contributed by atoms with Crippen LogP contribution in [0.15, 0.2) is 22.5 Å². The summed E-state index contributed by atoms with van der Waals surface area (Å²) in [4.78, 5) is 5.91. The zero-order valence-electron chi connectivity index (χ0n) is 17.1. The fraction of sp³-hybridized carbons (Fsp3) is 0.611. The van der Waals surface area contributed by atoms with E-state index in [1.54, 1.807) is 22.6 Å². The molecule has 0 atom stereocenters. The van der Waals surface area contributed by atoms with Crippen LogP contribution in [0.4, 0.5) is 0 Å². The minimum absolute atomic E-state index is 0.150. The van der Waals surface area contributed by atoms with Crippen LogP contribution < -0.4 is 10.6 Å². The van der Waals surface area contributed by atoms with E-state index >= 15 is 0 Å². The maximum absolute atomic E-state index is 12.1. The quantitative estimate of drug-likeness (QED) is 0.497. The Kier molecular flexibility index (Phi) is 7.25. The number of aryl methyl sites for hydroxylation is 1. The topological polar surface area (TPSA) is 105 Å². The van der Waals surface area contributed by atoms with Gasteiger partial charge in [-0.2, -0.15) is 0 Å². The van der Waals surface area contributed by atoms with E-state index < -0.39 is 10.0 Å². The summed E-state index contributed by atoms with van der Waals surface area (Å²) >= 11 is 1.69. The van der Waals surface area contributed by atoms with Gasteiger partial charge in [0.05, 0.1) is 12.3 Å². The monoisotopic (exact) mass is 439 g/mol. The van der Waals surface area contributed by atoms with Crippen molar-refractivity contribution in [1.29, 1.82) is 0 Å². The van der Waals surface area contributed by atoms with E-state index in [2.05, 4.69) is 31.9 Å².